The zero-order chi connectivity index (χ0) is 17.1. The van der Waals surface area contributed by atoms with E-state index in [-0.39, 0.29) is 17.2 Å². The molecule has 0 bridgehead atoms. The normalized spacial score (nSPS) is 11.2. The van der Waals surface area contributed by atoms with Gasteiger partial charge in [0.15, 0.2) is 0 Å². The van der Waals surface area contributed by atoms with E-state index in [4.69, 9.17) is 0 Å². The van der Waals surface area contributed by atoms with Crippen LogP contribution in [0.1, 0.15) is 43.0 Å². The van der Waals surface area contributed by atoms with E-state index in [9.17, 15) is 9.59 Å². The first kappa shape index (κ1) is 18.6. The molecule has 0 fully saturated rings. The molecule has 1 rings (SSSR count). The molecule has 2 N–H and O–H groups in total. The molecule has 0 spiro atoms. The Morgan fingerprint density at radius 2 is 1.55 bits per heavy atom. The number of nitrogens with one attached hydrogen (secondary N) is 2. The van der Waals surface area contributed by atoms with Gasteiger partial charge in [-0.05, 0) is 70.7 Å². The first-order valence-corrected chi connectivity index (χ1v) is 8.32. The molecule has 0 atom stereocenters. The highest BCUT2D eigenvalue weighted by molar-refractivity contribution is 8.00. The minimum absolute atomic E-state index is 0.224. The summed E-state index contributed by atoms with van der Waals surface area (Å²) in [6.45, 7) is 13.9. The maximum Gasteiger partial charge on any atom is 0.321 e. The molecule has 0 aromatic heterocycles. The third-order valence-corrected chi connectivity index (χ3v) is 4.69. The molecule has 1 aromatic carbocycles. The van der Waals surface area contributed by atoms with Gasteiger partial charge >= 0.3 is 6.03 Å². The summed E-state index contributed by atoms with van der Waals surface area (Å²) in [4.78, 5) is 24.7. The lowest BCUT2D eigenvalue weighted by Gasteiger charge is -2.20. The minimum Gasteiger partial charge on any atom is -0.333 e. The lowest BCUT2D eigenvalue weighted by atomic mass is 10.0. The number of hydrogen-bond donors (Lipinski definition) is 2. The molecule has 1 aromatic rings. The van der Waals surface area contributed by atoms with Gasteiger partial charge in [-0.15, -0.1) is 11.8 Å². The van der Waals surface area contributed by atoms with Crippen LogP contribution in [0.5, 0.6) is 0 Å². The Hall–Kier alpha value is -1.49. The Labute approximate surface area is 137 Å². The predicted molar refractivity (Wildman–Crippen MR) is 92.5 cm³/mol. The van der Waals surface area contributed by atoms with Crippen LogP contribution in [-0.2, 0) is 4.79 Å². The molecule has 5 heteroatoms. The van der Waals surface area contributed by atoms with Gasteiger partial charge in [0.25, 0.3) is 0 Å². The molecular formula is C17H26N2O2S. The largest absolute Gasteiger partial charge is 0.333 e. The van der Waals surface area contributed by atoms with E-state index < -0.39 is 6.03 Å². The van der Waals surface area contributed by atoms with E-state index in [2.05, 4.69) is 44.4 Å². The highest BCUT2D eigenvalue weighted by Gasteiger charge is 2.16. The molecule has 4 nitrogen and oxygen atoms in total. The summed E-state index contributed by atoms with van der Waals surface area (Å²) in [6, 6.07) is 1.71. The Morgan fingerprint density at radius 1 is 1.05 bits per heavy atom. The molecule has 3 amide bonds. The Kier molecular flexibility index (Phi) is 6.06. The van der Waals surface area contributed by atoms with Crippen molar-refractivity contribution < 1.29 is 9.59 Å². The molecule has 0 aliphatic rings. The van der Waals surface area contributed by atoms with Gasteiger partial charge in [-0.1, -0.05) is 6.07 Å². The minimum atomic E-state index is -0.452. The number of amides is 3. The second-order valence-electron chi connectivity index (χ2n) is 6.63. The first-order valence-electron chi connectivity index (χ1n) is 7.33. The van der Waals surface area contributed by atoms with Crippen molar-refractivity contribution in [1.29, 1.82) is 0 Å². The average molecular weight is 322 g/mol. The maximum absolute atomic E-state index is 11.9. The Morgan fingerprint density at radius 3 is 2.00 bits per heavy atom. The number of carbonyl (C=O) groups excluding carboxylic acids is 2. The third-order valence-electron chi connectivity index (χ3n) is 3.39. The van der Waals surface area contributed by atoms with Gasteiger partial charge in [-0.2, -0.15) is 0 Å². The lowest BCUT2D eigenvalue weighted by molar-refractivity contribution is -0.117. The lowest BCUT2D eigenvalue weighted by Crippen LogP contribution is -2.48. The topological polar surface area (TPSA) is 58.2 Å². The number of aryl methyl sites for hydroxylation is 2. The summed E-state index contributed by atoms with van der Waals surface area (Å²) >= 11 is 1.48. The molecule has 0 heterocycles. The van der Waals surface area contributed by atoms with E-state index in [1.54, 1.807) is 0 Å². The van der Waals surface area contributed by atoms with Gasteiger partial charge in [0.05, 0.1) is 5.75 Å². The summed E-state index contributed by atoms with van der Waals surface area (Å²) in [7, 11) is 0. The number of rotatable bonds is 3. The molecule has 122 valence electrons. The fourth-order valence-electron chi connectivity index (χ4n) is 2.07. The fraction of sp³-hybridized carbons (Fsp3) is 0.529. The second-order valence-corrected chi connectivity index (χ2v) is 7.62. The predicted octanol–water partition coefficient (Wildman–Crippen LogP) is 3.64. The summed E-state index contributed by atoms with van der Waals surface area (Å²) in [5, 5.41) is 5.07. The number of imide groups is 1. The molecule has 0 aliphatic heterocycles. The smallest absolute Gasteiger partial charge is 0.321 e. The van der Waals surface area contributed by atoms with Crippen molar-refractivity contribution in [3.8, 4) is 0 Å². The average Bonchev–Trinajstić information content (AvgIpc) is 2.34. The fourth-order valence-corrected chi connectivity index (χ4v) is 3.17. The maximum atomic E-state index is 11.9. The second kappa shape index (κ2) is 7.18. The molecule has 0 aliphatic carbocycles. The number of urea groups is 1. The van der Waals surface area contributed by atoms with Gasteiger partial charge in [0.1, 0.15) is 0 Å². The molecule has 0 unspecified atom stereocenters. The van der Waals surface area contributed by atoms with E-state index in [1.165, 1.54) is 34.0 Å². The standard InChI is InChI=1S/C17H26N2O2S/c1-10-8-11(2)13(4)15(12(10)3)22-9-14(20)18-16(21)19-17(5,6)7/h8H,9H2,1-7H3,(H2,18,19,20,21). The zero-order valence-electron chi connectivity index (χ0n) is 14.5. The van der Waals surface area contributed by atoms with Crippen LogP contribution in [-0.4, -0.2) is 23.2 Å². The van der Waals surface area contributed by atoms with Crippen LogP contribution in [0, 0.1) is 27.7 Å². The van der Waals surface area contributed by atoms with Crippen LogP contribution in [0.25, 0.3) is 0 Å². The van der Waals surface area contributed by atoms with E-state index in [0.29, 0.717) is 0 Å². The van der Waals surface area contributed by atoms with Crippen LogP contribution in [0.4, 0.5) is 4.79 Å². The van der Waals surface area contributed by atoms with Crippen molar-refractivity contribution in [2.24, 2.45) is 0 Å². The van der Waals surface area contributed by atoms with Gasteiger partial charge in [0, 0.05) is 10.4 Å². The Bertz CT molecular complexity index is 563. The SMILES string of the molecule is Cc1cc(C)c(C)c(SCC(=O)NC(=O)NC(C)(C)C)c1C. The molecule has 0 saturated carbocycles. The van der Waals surface area contributed by atoms with Gasteiger partial charge in [-0.3, -0.25) is 10.1 Å². The number of thioether (sulfide) groups is 1. The van der Waals surface area contributed by atoms with Crippen molar-refractivity contribution in [3.63, 3.8) is 0 Å². The molecular weight excluding hydrogens is 296 g/mol. The zero-order valence-corrected chi connectivity index (χ0v) is 15.3. The summed E-state index contributed by atoms with van der Waals surface area (Å²) in [5.74, 6) is -0.0630. The van der Waals surface area contributed by atoms with Crippen molar-refractivity contribution in [1.82, 2.24) is 10.6 Å². The van der Waals surface area contributed by atoms with Gasteiger partial charge < -0.3 is 5.32 Å². The van der Waals surface area contributed by atoms with Crippen molar-refractivity contribution in [2.45, 2.75) is 58.9 Å². The van der Waals surface area contributed by atoms with Gasteiger partial charge in [-0.25, -0.2) is 4.79 Å². The Balaban J connectivity index is 2.68. The highest BCUT2D eigenvalue weighted by atomic mass is 32.2. The number of carbonyl (C=O) groups is 2. The molecule has 0 saturated heterocycles. The monoisotopic (exact) mass is 322 g/mol. The summed E-state index contributed by atoms with van der Waals surface area (Å²) in [5.41, 5.74) is 4.46. The van der Waals surface area contributed by atoms with E-state index in [1.807, 2.05) is 20.8 Å². The number of hydrogen-bond acceptors (Lipinski definition) is 3. The van der Waals surface area contributed by atoms with E-state index >= 15 is 0 Å². The van der Waals surface area contributed by atoms with Crippen molar-refractivity contribution in [2.75, 3.05) is 5.75 Å². The van der Waals surface area contributed by atoms with Gasteiger partial charge in [0.2, 0.25) is 5.91 Å². The van der Waals surface area contributed by atoms with Crippen LogP contribution < -0.4 is 10.6 Å². The van der Waals surface area contributed by atoms with Crippen LogP contribution >= 0.6 is 11.8 Å². The molecule has 0 radical (unpaired) electrons. The summed E-state index contributed by atoms with van der Waals surface area (Å²) in [6.07, 6.45) is 0. The van der Waals surface area contributed by atoms with Crippen LogP contribution in [0.15, 0.2) is 11.0 Å². The third kappa shape index (κ3) is 5.37. The summed E-state index contributed by atoms with van der Waals surface area (Å²) < 4.78 is 0. The first-order chi connectivity index (χ1) is 10.0. The van der Waals surface area contributed by atoms with Crippen LogP contribution in [0.3, 0.4) is 0 Å². The molecule has 22 heavy (non-hydrogen) atoms. The quantitative estimate of drug-likeness (QED) is 0.835. The highest BCUT2D eigenvalue weighted by Crippen LogP contribution is 2.30. The van der Waals surface area contributed by atoms with Crippen LogP contribution in [0.2, 0.25) is 0 Å². The number of benzene rings is 1. The van der Waals surface area contributed by atoms with Crippen molar-refractivity contribution >= 4 is 23.7 Å². The van der Waals surface area contributed by atoms with E-state index in [0.717, 1.165) is 4.90 Å². The van der Waals surface area contributed by atoms with Crippen molar-refractivity contribution in [3.05, 3.63) is 28.3 Å².